The highest BCUT2D eigenvalue weighted by Crippen LogP contribution is 2.15. The maximum absolute atomic E-state index is 12.0. The van der Waals surface area contributed by atoms with E-state index in [-0.39, 0.29) is 5.97 Å². The molecule has 2 aromatic rings. The van der Waals surface area contributed by atoms with Crippen molar-refractivity contribution >= 4 is 11.9 Å². The van der Waals surface area contributed by atoms with Crippen molar-refractivity contribution in [1.82, 2.24) is 0 Å². The molecule has 0 aliphatic rings. The molecule has 0 heterocycles. The lowest BCUT2D eigenvalue weighted by atomic mass is 10.1. The molecule has 0 aliphatic heterocycles. The van der Waals surface area contributed by atoms with Crippen LogP contribution in [-0.4, -0.2) is 29.8 Å². The summed E-state index contributed by atoms with van der Waals surface area (Å²) in [7, 11) is 0. The van der Waals surface area contributed by atoms with Gasteiger partial charge in [-0.1, -0.05) is 31.2 Å². The number of nitrogens with two attached hydrogens (primary N) is 1. The number of hydrogen-bond acceptors (Lipinski definition) is 4. The van der Waals surface area contributed by atoms with Gasteiger partial charge in [0.05, 0.1) is 5.56 Å². The van der Waals surface area contributed by atoms with E-state index in [1.807, 2.05) is 36.4 Å². The van der Waals surface area contributed by atoms with Gasteiger partial charge in [-0.15, -0.1) is 0 Å². The molecule has 0 spiro atoms. The Hall–Kier alpha value is -2.87. The van der Waals surface area contributed by atoms with Gasteiger partial charge in [-0.3, -0.25) is 0 Å². The van der Waals surface area contributed by atoms with E-state index in [9.17, 15) is 18.0 Å². The highest BCUT2D eigenvalue weighted by atomic mass is 19.4. The third-order valence-electron chi connectivity index (χ3n) is 3.41. The summed E-state index contributed by atoms with van der Waals surface area (Å²) in [6.07, 6.45) is -3.30. The number of halogens is 3. The number of carboxylic acid groups (broad SMARTS) is 1. The predicted octanol–water partition coefficient (Wildman–Crippen LogP) is 3.60. The Balaban J connectivity index is 0.000000445. The first-order valence-corrected chi connectivity index (χ1v) is 8.07. The van der Waals surface area contributed by atoms with E-state index < -0.39 is 12.1 Å². The molecular weight excluding hydrogens is 363 g/mol. The van der Waals surface area contributed by atoms with Crippen LogP contribution in [-0.2, 0) is 17.6 Å². The fourth-order valence-corrected chi connectivity index (χ4v) is 1.93. The molecule has 146 valence electrons. The van der Waals surface area contributed by atoms with Crippen LogP contribution in [0.25, 0.3) is 0 Å². The number of alkyl halides is 3. The number of benzene rings is 2. The van der Waals surface area contributed by atoms with Gasteiger partial charge in [0, 0.05) is 0 Å². The number of carboxylic acids is 1. The van der Waals surface area contributed by atoms with Crippen molar-refractivity contribution < 1.29 is 32.6 Å². The summed E-state index contributed by atoms with van der Waals surface area (Å²) in [6.45, 7) is 2.69. The van der Waals surface area contributed by atoms with Crippen LogP contribution in [0.2, 0.25) is 0 Å². The van der Waals surface area contributed by atoms with E-state index in [1.54, 1.807) is 12.1 Å². The normalized spacial score (nSPS) is 10.6. The lowest BCUT2D eigenvalue weighted by Crippen LogP contribution is -2.21. The second-order valence-electron chi connectivity index (χ2n) is 5.43. The van der Waals surface area contributed by atoms with Crippen molar-refractivity contribution in [2.24, 2.45) is 5.73 Å². The highest BCUT2D eigenvalue weighted by molar-refractivity contribution is 5.91. The molecule has 0 saturated carbocycles. The highest BCUT2D eigenvalue weighted by Gasteiger charge is 2.38. The van der Waals surface area contributed by atoms with E-state index in [4.69, 9.17) is 20.4 Å². The first kappa shape index (κ1) is 22.2. The monoisotopic (exact) mass is 383 g/mol. The van der Waals surface area contributed by atoms with Gasteiger partial charge < -0.3 is 15.6 Å². The smallest absolute Gasteiger partial charge is 0.475 e. The largest absolute Gasteiger partial charge is 0.490 e. The summed E-state index contributed by atoms with van der Waals surface area (Å²) in [6, 6.07) is 14.9. The molecule has 0 saturated heterocycles. The number of aliphatic carboxylic acids is 1. The molecule has 2 aromatic carbocycles. The van der Waals surface area contributed by atoms with Crippen LogP contribution in [0.1, 0.15) is 28.4 Å². The lowest BCUT2D eigenvalue weighted by Gasteiger charge is -2.06. The van der Waals surface area contributed by atoms with E-state index in [1.165, 1.54) is 5.56 Å². The van der Waals surface area contributed by atoms with Crippen LogP contribution in [0, 0.1) is 0 Å². The van der Waals surface area contributed by atoms with Crippen LogP contribution < -0.4 is 10.5 Å². The van der Waals surface area contributed by atoms with Crippen LogP contribution in [0.5, 0.6) is 5.75 Å². The summed E-state index contributed by atoms with van der Waals surface area (Å²) in [4.78, 5) is 20.9. The number of aryl methyl sites for hydroxylation is 1. The zero-order valence-corrected chi connectivity index (χ0v) is 14.6. The molecule has 8 heteroatoms. The standard InChI is InChI=1S/C17H19NO2.C2HF3O2/c1-2-13-5-9-16(10-6-13)20-17(19)15-7-3-14(4-8-15)11-12-18;3-2(4,5)1(6)7/h3-10H,2,11-12,18H2,1H3;(H,6,7). The maximum atomic E-state index is 12.0. The van der Waals surface area contributed by atoms with Gasteiger partial charge in [0.25, 0.3) is 0 Å². The topological polar surface area (TPSA) is 89.6 Å². The van der Waals surface area contributed by atoms with E-state index in [0.29, 0.717) is 17.9 Å². The van der Waals surface area contributed by atoms with Crippen molar-refractivity contribution in [1.29, 1.82) is 0 Å². The Bertz CT molecular complexity index is 741. The third kappa shape index (κ3) is 7.91. The number of carbonyl (C=O) groups is 2. The molecule has 0 amide bonds. The zero-order valence-electron chi connectivity index (χ0n) is 14.6. The molecule has 3 N–H and O–H groups in total. The van der Waals surface area contributed by atoms with Crippen molar-refractivity contribution in [2.75, 3.05) is 6.54 Å². The molecule has 0 radical (unpaired) electrons. The molecular formula is C19H20F3NO4. The second kappa shape index (κ2) is 10.3. The fraction of sp³-hybridized carbons (Fsp3) is 0.263. The molecule has 0 unspecified atom stereocenters. The van der Waals surface area contributed by atoms with Crippen molar-refractivity contribution in [3.05, 3.63) is 65.2 Å². The van der Waals surface area contributed by atoms with E-state index in [0.717, 1.165) is 18.4 Å². The lowest BCUT2D eigenvalue weighted by molar-refractivity contribution is -0.192. The number of carbonyl (C=O) groups excluding carboxylic acids is 1. The van der Waals surface area contributed by atoms with Gasteiger partial charge in [-0.25, -0.2) is 9.59 Å². The van der Waals surface area contributed by atoms with E-state index >= 15 is 0 Å². The molecule has 2 rings (SSSR count). The minimum Gasteiger partial charge on any atom is -0.475 e. The summed E-state index contributed by atoms with van der Waals surface area (Å²) < 4.78 is 37.1. The van der Waals surface area contributed by atoms with Gasteiger partial charge in [0.2, 0.25) is 0 Å². The predicted molar refractivity (Wildman–Crippen MR) is 93.7 cm³/mol. The van der Waals surface area contributed by atoms with Gasteiger partial charge in [-0.05, 0) is 54.8 Å². The number of ether oxygens (including phenoxy) is 1. The second-order valence-corrected chi connectivity index (χ2v) is 5.43. The van der Waals surface area contributed by atoms with Gasteiger partial charge in [0.1, 0.15) is 5.75 Å². The molecule has 0 atom stereocenters. The Labute approximate surface area is 154 Å². The molecule has 0 aromatic heterocycles. The number of rotatable bonds is 5. The molecule has 5 nitrogen and oxygen atoms in total. The van der Waals surface area contributed by atoms with Crippen LogP contribution in [0.3, 0.4) is 0 Å². The quantitative estimate of drug-likeness (QED) is 0.608. The van der Waals surface area contributed by atoms with Crippen LogP contribution >= 0.6 is 0 Å². The van der Waals surface area contributed by atoms with Crippen molar-refractivity contribution in [2.45, 2.75) is 25.9 Å². The first-order valence-electron chi connectivity index (χ1n) is 8.07. The SMILES string of the molecule is CCc1ccc(OC(=O)c2ccc(CCN)cc2)cc1.O=C(O)C(F)(F)F. The summed E-state index contributed by atoms with van der Waals surface area (Å²) >= 11 is 0. The number of esters is 1. The first-order chi connectivity index (χ1) is 12.7. The average Bonchev–Trinajstić information content (AvgIpc) is 2.63. The van der Waals surface area contributed by atoms with Crippen LogP contribution in [0.4, 0.5) is 13.2 Å². The summed E-state index contributed by atoms with van der Waals surface area (Å²) in [5.41, 5.74) is 8.38. The minimum absolute atomic E-state index is 0.339. The zero-order chi connectivity index (χ0) is 20.4. The fourth-order valence-electron chi connectivity index (χ4n) is 1.93. The Morgan fingerprint density at radius 1 is 1.00 bits per heavy atom. The van der Waals surface area contributed by atoms with Gasteiger partial charge >= 0.3 is 18.1 Å². The van der Waals surface area contributed by atoms with Gasteiger partial charge in [-0.2, -0.15) is 13.2 Å². The third-order valence-corrected chi connectivity index (χ3v) is 3.41. The Morgan fingerprint density at radius 2 is 1.48 bits per heavy atom. The van der Waals surface area contributed by atoms with Gasteiger partial charge in [0.15, 0.2) is 0 Å². The number of hydrogen-bond donors (Lipinski definition) is 2. The molecule has 27 heavy (non-hydrogen) atoms. The molecule has 0 bridgehead atoms. The molecule has 0 aliphatic carbocycles. The average molecular weight is 383 g/mol. The Morgan fingerprint density at radius 3 is 1.89 bits per heavy atom. The van der Waals surface area contributed by atoms with Crippen molar-refractivity contribution in [3.63, 3.8) is 0 Å². The van der Waals surface area contributed by atoms with Crippen LogP contribution in [0.15, 0.2) is 48.5 Å². The Kier molecular flexibility index (Phi) is 8.47. The summed E-state index contributed by atoms with van der Waals surface area (Å²) in [5, 5.41) is 7.12. The van der Waals surface area contributed by atoms with Crippen molar-refractivity contribution in [3.8, 4) is 5.75 Å². The van der Waals surface area contributed by atoms with E-state index in [2.05, 4.69) is 6.92 Å². The maximum Gasteiger partial charge on any atom is 0.490 e. The minimum atomic E-state index is -5.08. The summed E-state index contributed by atoms with van der Waals surface area (Å²) in [5.74, 6) is -2.53. The molecule has 0 fully saturated rings.